The van der Waals surface area contributed by atoms with Gasteiger partial charge in [0, 0.05) is 24.8 Å². The molecule has 0 N–H and O–H groups in total. The number of ether oxygens (including phenoxy) is 3. The van der Waals surface area contributed by atoms with Crippen LogP contribution in [0.4, 0.5) is 0 Å². The number of hydrogen-bond donors (Lipinski definition) is 0. The second kappa shape index (κ2) is 9.43. The summed E-state index contributed by atoms with van der Waals surface area (Å²) in [6, 6.07) is 8.56. The van der Waals surface area contributed by atoms with Crippen LogP contribution in [0.5, 0.6) is 11.5 Å². The van der Waals surface area contributed by atoms with Gasteiger partial charge >= 0.3 is 0 Å². The third kappa shape index (κ3) is 5.02. The van der Waals surface area contributed by atoms with Crippen molar-refractivity contribution in [2.75, 3.05) is 26.5 Å². The lowest BCUT2D eigenvalue weighted by Gasteiger charge is -2.31. The first-order valence-corrected chi connectivity index (χ1v) is 10.6. The maximum absolute atomic E-state index is 13.3. The Balaban J connectivity index is 1.49. The predicted molar refractivity (Wildman–Crippen MR) is 112 cm³/mol. The van der Waals surface area contributed by atoms with Crippen molar-refractivity contribution < 1.29 is 28.2 Å². The Kier molecular flexibility index (Phi) is 6.46. The Hall–Kier alpha value is -3.00. The van der Waals surface area contributed by atoms with E-state index in [2.05, 4.69) is 0 Å². The van der Waals surface area contributed by atoms with Crippen LogP contribution in [0.1, 0.15) is 42.8 Å². The van der Waals surface area contributed by atoms with E-state index in [4.69, 9.17) is 18.6 Å². The monoisotopic (exact) mass is 428 g/mol. The molecule has 31 heavy (non-hydrogen) atoms. The average Bonchev–Trinajstić information content (AvgIpc) is 3.52. The third-order valence-electron chi connectivity index (χ3n) is 5.54. The Morgan fingerprint density at radius 1 is 1.16 bits per heavy atom. The van der Waals surface area contributed by atoms with Crippen molar-refractivity contribution in [2.45, 2.75) is 45.4 Å². The van der Waals surface area contributed by atoms with Gasteiger partial charge in [-0.05, 0) is 57.0 Å². The summed E-state index contributed by atoms with van der Waals surface area (Å²) < 4.78 is 21.9. The van der Waals surface area contributed by atoms with E-state index in [9.17, 15) is 9.59 Å². The molecule has 1 saturated heterocycles. The number of furan rings is 1. The fourth-order valence-corrected chi connectivity index (χ4v) is 3.81. The number of fused-ring (bicyclic) bond motifs is 1. The van der Waals surface area contributed by atoms with Crippen molar-refractivity contribution in [1.29, 1.82) is 0 Å². The summed E-state index contributed by atoms with van der Waals surface area (Å²) in [5.41, 5.74) is 0.461. The maximum atomic E-state index is 13.3. The summed E-state index contributed by atoms with van der Waals surface area (Å²) in [7, 11) is 0. The van der Waals surface area contributed by atoms with E-state index in [0.717, 1.165) is 12.8 Å². The third-order valence-corrected chi connectivity index (χ3v) is 5.54. The maximum Gasteiger partial charge on any atom is 0.254 e. The highest BCUT2D eigenvalue weighted by Crippen LogP contribution is 2.33. The lowest BCUT2D eigenvalue weighted by atomic mass is 10.1. The summed E-state index contributed by atoms with van der Waals surface area (Å²) in [6.45, 7) is 5.45. The highest BCUT2D eigenvalue weighted by Gasteiger charge is 2.28. The van der Waals surface area contributed by atoms with Gasteiger partial charge in [-0.25, -0.2) is 0 Å². The molecule has 0 spiro atoms. The normalized spacial score (nSPS) is 17.2. The number of amides is 2. The second-order valence-electron chi connectivity index (χ2n) is 8.08. The van der Waals surface area contributed by atoms with Crippen molar-refractivity contribution in [3.8, 4) is 11.5 Å². The SMILES string of the molecule is CC(C)N(CC(=O)N(Cc1ccco1)CC1CCCO1)C(=O)c1ccc2c(c1)OCO2. The first-order chi connectivity index (χ1) is 15.0. The van der Waals surface area contributed by atoms with E-state index < -0.39 is 0 Å². The van der Waals surface area contributed by atoms with Crippen LogP contribution in [-0.2, 0) is 16.1 Å². The summed E-state index contributed by atoms with van der Waals surface area (Å²) in [4.78, 5) is 29.8. The van der Waals surface area contributed by atoms with Gasteiger partial charge in [0.2, 0.25) is 12.7 Å². The highest BCUT2D eigenvalue weighted by molar-refractivity contribution is 5.97. The van der Waals surface area contributed by atoms with E-state index in [-0.39, 0.29) is 37.3 Å². The Labute approximate surface area is 181 Å². The van der Waals surface area contributed by atoms with Gasteiger partial charge < -0.3 is 28.4 Å². The van der Waals surface area contributed by atoms with Crippen molar-refractivity contribution >= 4 is 11.8 Å². The molecule has 1 atom stereocenters. The van der Waals surface area contributed by atoms with Crippen molar-refractivity contribution in [3.63, 3.8) is 0 Å². The van der Waals surface area contributed by atoms with Gasteiger partial charge in [0.15, 0.2) is 11.5 Å². The molecule has 2 aromatic rings. The van der Waals surface area contributed by atoms with Gasteiger partial charge in [0.05, 0.1) is 18.9 Å². The Bertz CT molecular complexity index is 905. The average molecular weight is 428 g/mol. The summed E-state index contributed by atoms with van der Waals surface area (Å²) in [5.74, 6) is 1.49. The van der Waals surface area contributed by atoms with Crippen LogP contribution in [-0.4, -0.2) is 60.2 Å². The fraction of sp³-hybridized carbons (Fsp3) is 0.478. The Morgan fingerprint density at radius 2 is 2.00 bits per heavy atom. The van der Waals surface area contributed by atoms with E-state index in [0.29, 0.717) is 42.5 Å². The summed E-state index contributed by atoms with van der Waals surface area (Å²) in [5, 5.41) is 0. The minimum atomic E-state index is -0.225. The summed E-state index contributed by atoms with van der Waals surface area (Å²) in [6.07, 6.45) is 3.52. The van der Waals surface area contributed by atoms with E-state index in [1.54, 1.807) is 40.3 Å². The quantitative estimate of drug-likeness (QED) is 0.643. The van der Waals surface area contributed by atoms with Gasteiger partial charge in [-0.2, -0.15) is 0 Å². The second-order valence-corrected chi connectivity index (χ2v) is 8.08. The van der Waals surface area contributed by atoms with Crippen molar-refractivity contribution in [1.82, 2.24) is 9.80 Å². The van der Waals surface area contributed by atoms with Gasteiger partial charge in [0.1, 0.15) is 12.3 Å². The van der Waals surface area contributed by atoms with Crippen LogP contribution < -0.4 is 9.47 Å². The molecular formula is C23H28N2O6. The standard InChI is InChI=1S/C23H28N2O6/c1-16(2)25(23(27)17-7-8-20-21(11-17)31-15-30-20)14-22(26)24(12-18-5-3-9-28-18)13-19-6-4-10-29-19/h3,5,7-9,11,16,19H,4,6,10,12-15H2,1-2H3. The molecule has 2 amide bonds. The molecule has 1 aromatic heterocycles. The largest absolute Gasteiger partial charge is 0.467 e. The highest BCUT2D eigenvalue weighted by atomic mass is 16.7. The number of rotatable bonds is 8. The minimum Gasteiger partial charge on any atom is -0.467 e. The van der Waals surface area contributed by atoms with Crippen molar-refractivity contribution in [3.05, 3.63) is 47.9 Å². The lowest BCUT2D eigenvalue weighted by Crippen LogP contribution is -2.47. The minimum absolute atomic E-state index is 0.0102. The molecule has 0 aliphatic carbocycles. The van der Waals surface area contributed by atoms with Crippen molar-refractivity contribution in [2.24, 2.45) is 0 Å². The first-order valence-electron chi connectivity index (χ1n) is 10.6. The molecule has 1 aromatic carbocycles. The molecule has 2 aliphatic rings. The number of benzene rings is 1. The topological polar surface area (TPSA) is 81.5 Å². The summed E-state index contributed by atoms with van der Waals surface area (Å²) >= 11 is 0. The van der Waals surface area contributed by atoms with E-state index in [1.807, 2.05) is 19.9 Å². The molecule has 8 nitrogen and oxygen atoms in total. The number of nitrogens with zero attached hydrogens (tertiary/aromatic N) is 2. The van der Waals surface area contributed by atoms with Gasteiger partial charge in [0.25, 0.3) is 5.91 Å². The molecule has 4 rings (SSSR count). The number of carbonyl (C=O) groups is 2. The molecule has 0 radical (unpaired) electrons. The van der Waals surface area contributed by atoms with Crippen LogP contribution in [0.25, 0.3) is 0 Å². The van der Waals surface area contributed by atoms with Gasteiger partial charge in [-0.15, -0.1) is 0 Å². The smallest absolute Gasteiger partial charge is 0.254 e. The number of hydrogen-bond acceptors (Lipinski definition) is 6. The first kappa shape index (κ1) is 21.2. The van der Waals surface area contributed by atoms with Crippen LogP contribution in [0.2, 0.25) is 0 Å². The van der Waals surface area contributed by atoms with Crippen LogP contribution in [0, 0.1) is 0 Å². The lowest BCUT2D eigenvalue weighted by molar-refractivity contribution is -0.134. The zero-order valence-electron chi connectivity index (χ0n) is 17.9. The predicted octanol–water partition coefficient (Wildman–Crippen LogP) is 3.07. The molecule has 1 fully saturated rings. The molecular weight excluding hydrogens is 400 g/mol. The zero-order chi connectivity index (χ0) is 21.8. The molecule has 8 heteroatoms. The van der Waals surface area contributed by atoms with Gasteiger partial charge in [-0.1, -0.05) is 0 Å². The molecule has 0 bridgehead atoms. The van der Waals surface area contributed by atoms with E-state index in [1.165, 1.54) is 0 Å². The molecule has 3 heterocycles. The molecule has 166 valence electrons. The Morgan fingerprint density at radius 3 is 2.71 bits per heavy atom. The zero-order valence-corrected chi connectivity index (χ0v) is 17.9. The molecule has 2 aliphatic heterocycles. The van der Waals surface area contributed by atoms with Crippen LogP contribution in [0.15, 0.2) is 41.0 Å². The number of carbonyl (C=O) groups excluding carboxylic acids is 2. The van der Waals surface area contributed by atoms with Crippen LogP contribution >= 0.6 is 0 Å². The van der Waals surface area contributed by atoms with Gasteiger partial charge in [-0.3, -0.25) is 9.59 Å². The fourth-order valence-electron chi connectivity index (χ4n) is 3.81. The molecule has 0 saturated carbocycles. The molecule has 1 unspecified atom stereocenters. The van der Waals surface area contributed by atoms with Crippen LogP contribution in [0.3, 0.4) is 0 Å². The van der Waals surface area contributed by atoms with E-state index >= 15 is 0 Å².